The van der Waals surface area contributed by atoms with Crippen LogP contribution in [0.2, 0.25) is 5.02 Å². The Balaban J connectivity index is 2.10. The molecule has 3 aromatic rings. The maximum atomic E-state index is 14.2. The van der Waals surface area contributed by atoms with Crippen molar-refractivity contribution in [3.63, 3.8) is 0 Å². The molecule has 1 aromatic heterocycles. The van der Waals surface area contributed by atoms with Crippen molar-refractivity contribution in [3.8, 4) is 23.1 Å². The van der Waals surface area contributed by atoms with E-state index in [1.54, 1.807) is 49.4 Å². The molecule has 0 unspecified atom stereocenters. The van der Waals surface area contributed by atoms with Crippen LogP contribution in [0.1, 0.15) is 6.92 Å². The highest BCUT2D eigenvalue weighted by molar-refractivity contribution is 6.30. The third-order valence-corrected chi connectivity index (χ3v) is 3.43. The lowest BCUT2D eigenvalue weighted by Crippen LogP contribution is -2.11. The second-order valence-corrected chi connectivity index (χ2v) is 5.31. The van der Waals surface area contributed by atoms with Gasteiger partial charge in [0.1, 0.15) is 5.82 Å². The number of hydrogen-bond donors (Lipinski definition) is 0. The minimum absolute atomic E-state index is 0.147. The molecule has 128 valence electrons. The first-order valence-electron chi connectivity index (χ1n) is 7.41. The number of hydrogen-bond acceptors (Lipinski definition) is 5. The third kappa shape index (κ3) is 3.77. The Morgan fingerprint density at radius 3 is 2.76 bits per heavy atom. The first kappa shape index (κ1) is 16.9. The lowest BCUT2D eigenvalue weighted by atomic mass is 10.2. The lowest BCUT2D eigenvalue weighted by molar-refractivity contribution is 0.101. The van der Waals surface area contributed by atoms with Crippen molar-refractivity contribution in [2.24, 2.45) is 0 Å². The highest BCUT2D eigenvalue weighted by Gasteiger charge is 2.19. The molecule has 8 heteroatoms. The summed E-state index contributed by atoms with van der Waals surface area (Å²) in [6, 6.07) is 12.6. The summed E-state index contributed by atoms with van der Waals surface area (Å²) in [6.45, 7) is 1.79. The number of halogens is 2. The predicted octanol–water partition coefficient (Wildman–Crippen LogP) is 4.26. The average Bonchev–Trinajstić information content (AvgIpc) is 2.99. The molecular formula is C17H13ClFN3O3. The summed E-state index contributed by atoms with van der Waals surface area (Å²) in [6.07, 6.45) is -0.939. The van der Waals surface area contributed by atoms with E-state index in [4.69, 9.17) is 21.1 Å². The predicted molar refractivity (Wildman–Crippen MR) is 89.4 cm³/mol. The maximum Gasteiger partial charge on any atom is 0.516 e. The van der Waals surface area contributed by atoms with E-state index in [-0.39, 0.29) is 24.0 Å². The Hall–Kier alpha value is -2.93. The van der Waals surface area contributed by atoms with Crippen LogP contribution < -0.4 is 4.74 Å². The van der Waals surface area contributed by atoms with Gasteiger partial charge in [-0.3, -0.25) is 0 Å². The van der Waals surface area contributed by atoms with Gasteiger partial charge in [0.15, 0.2) is 5.82 Å². The zero-order valence-electron chi connectivity index (χ0n) is 13.1. The van der Waals surface area contributed by atoms with Crippen molar-refractivity contribution >= 4 is 17.8 Å². The van der Waals surface area contributed by atoms with Crippen LogP contribution in [0.4, 0.5) is 9.18 Å². The van der Waals surface area contributed by atoms with Gasteiger partial charge < -0.3 is 9.47 Å². The Bertz CT molecular complexity index is 914. The minimum Gasteiger partial charge on any atom is -0.434 e. The summed E-state index contributed by atoms with van der Waals surface area (Å²) in [5.41, 5.74) is 0.741. The summed E-state index contributed by atoms with van der Waals surface area (Å²) >= 11 is 6.02. The van der Waals surface area contributed by atoms with Crippen LogP contribution in [0.5, 0.6) is 6.01 Å². The molecule has 0 amide bonds. The Morgan fingerprint density at radius 2 is 2.04 bits per heavy atom. The molecule has 0 saturated heterocycles. The van der Waals surface area contributed by atoms with Crippen molar-refractivity contribution in [1.29, 1.82) is 0 Å². The second kappa shape index (κ2) is 7.31. The number of aromatic nitrogens is 3. The zero-order chi connectivity index (χ0) is 17.8. The van der Waals surface area contributed by atoms with Crippen molar-refractivity contribution in [2.75, 3.05) is 6.61 Å². The fourth-order valence-electron chi connectivity index (χ4n) is 2.16. The fraction of sp³-hybridized carbons (Fsp3) is 0.118. The molecule has 0 bridgehead atoms. The molecule has 0 saturated carbocycles. The Labute approximate surface area is 147 Å². The number of benzene rings is 2. The SMILES string of the molecule is CCOC(=O)Oc1nc(-c2ccccc2F)n(-c2cccc(Cl)c2)n1. The van der Waals surface area contributed by atoms with Gasteiger partial charge in [-0.15, -0.1) is 5.10 Å². The van der Waals surface area contributed by atoms with E-state index in [0.29, 0.717) is 10.7 Å². The number of ether oxygens (including phenoxy) is 2. The van der Waals surface area contributed by atoms with Gasteiger partial charge in [0.25, 0.3) is 0 Å². The van der Waals surface area contributed by atoms with Gasteiger partial charge in [-0.05, 0) is 37.3 Å². The summed E-state index contributed by atoms with van der Waals surface area (Å²) < 4.78 is 25.2. The molecule has 0 spiro atoms. The summed E-state index contributed by atoms with van der Waals surface area (Å²) in [5, 5.41) is 4.59. The van der Waals surface area contributed by atoms with E-state index in [1.807, 2.05) is 0 Å². The zero-order valence-corrected chi connectivity index (χ0v) is 13.9. The molecule has 0 aliphatic heterocycles. The largest absolute Gasteiger partial charge is 0.516 e. The van der Waals surface area contributed by atoms with Gasteiger partial charge in [0.2, 0.25) is 0 Å². The van der Waals surface area contributed by atoms with E-state index < -0.39 is 12.0 Å². The number of rotatable bonds is 4. The van der Waals surface area contributed by atoms with Crippen LogP contribution in [-0.4, -0.2) is 27.5 Å². The van der Waals surface area contributed by atoms with E-state index in [9.17, 15) is 9.18 Å². The maximum absolute atomic E-state index is 14.2. The summed E-state index contributed by atoms with van der Waals surface area (Å²) in [5.74, 6) is -0.319. The van der Waals surface area contributed by atoms with Crippen molar-refractivity contribution in [1.82, 2.24) is 14.8 Å². The molecule has 1 heterocycles. The standard InChI is InChI=1S/C17H13ClFN3O3/c1-2-24-17(23)25-16-20-15(13-8-3-4-9-14(13)19)22(21-16)12-7-5-6-11(18)10-12/h3-10H,2H2,1H3. The molecule has 0 fully saturated rings. The quantitative estimate of drug-likeness (QED) is 0.649. The van der Waals surface area contributed by atoms with E-state index in [1.165, 1.54) is 10.7 Å². The number of carbonyl (C=O) groups excluding carboxylic acids is 1. The molecule has 25 heavy (non-hydrogen) atoms. The molecule has 0 aliphatic rings. The topological polar surface area (TPSA) is 66.2 Å². The van der Waals surface area contributed by atoms with Gasteiger partial charge in [0, 0.05) is 5.02 Å². The monoisotopic (exact) mass is 361 g/mol. The van der Waals surface area contributed by atoms with E-state index in [2.05, 4.69) is 10.1 Å². The molecular weight excluding hydrogens is 349 g/mol. The highest BCUT2D eigenvalue weighted by atomic mass is 35.5. The summed E-state index contributed by atoms with van der Waals surface area (Å²) in [4.78, 5) is 15.6. The molecule has 0 radical (unpaired) electrons. The minimum atomic E-state index is -0.939. The normalized spacial score (nSPS) is 10.5. The molecule has 0 aliphatic carbocycles. The lowest BCUT2D eigenvalue weighted by Gasteiger charge is -2.06. The smallest absolute Gasteiger partial charge is 0.434 e. The molecule has 2 aromatic carbocycles. The van der Waals surface area contributed by atoms with Gasteiger partial charge in [0.05, 0.1) is 17.9 Å². The van der Waals surface area contributed by atoms with Crippen molar-refractivity contribution in [3.05, 3.63) is 59.4 Å². The van der Waals surface area contributed by atoms with Crippen LogP contribution >= 0.6 is 11.6 Å². The fourth-order valence-corrected chi connectivity index (χ4v) is 2.35. The van der Waals surface area contributed by atoms with Crippen molar-refractivity contribution in [2.45, 2.75) is 6.92 Å². The van der Waals surface area contributed by atoms with Gasteiger partial charge >= 0.3 is 12.2 Å². The Kier molecular flexibility index (Phi) is 4.95. The highest BCUT2D eigenvalue weighted by Crippen LogP contribution is 2.26. The Morgan fingerprint density at radius 1 is 1.24 bits per heavy atom. The second-order valence-electron chi connectivity index (χ2n) is 4.87. The first-order valence-corrected chi connectivity index (χ1v) is 7.78. The van der Waals surface area contributed by atoms with Gasteiger partial charge in [-0.25, -0.2) is 13.9 Å². The molecule has 6 nitrogen and oxygen atoms in total. The van der Waals surface area contributed by atoms with Gasteiger partial charge in [-0.2, -0.15) is 4.98 Å². The summed E-state index contributed by atoms with van der Waals surface area (Å²) in [7, 11) is 0. The van der Waals surface area contributed by atoms with E-state index >= 15 is 0 Å². The van der Waals surface area contributed by atoms with Crippen LogP contribution in [0.3, 0.4) is 0 Å². The molecule has 3 rings (SSSR count). The average molecular weight is 362 g/mol. The van der Waals surface area contributed by atoms with Crippen LogP contribution in [0.15, 0.2) is 48.5 Å². The van der Waals surface area contributed by atoms with Crippen LogP contribution in [0.25, 0.3) is 17.1 Å². The molecule has 0 N–H and O–H groups in total. The first-order chi connectivity index (χ1) is 12.1. The van der Waals surface area contributed by atoms with Crippen LogP contribution in [0, 0.1) is 5.82 Å². The van der Waals surface area contributed by atoms with Crippen LogP contribution in [-0.2, 0) is 4.74 Å². The molecule has 0 atom stereocenters. The van der Waals surface area contributed by atoms with Gasteiger partial charge in [-0.1, -0.05) is 29.8 Å². The third-order valence-electron chi connectivity index (χ3n) is 3.19. The van der Waals surface area contributed by atoms with E-state index in [0.717, 1.165) is 0 Å². The number of nitrogens with zero attached hydrogens (tertiary/aromatic N) is 3. The number of carbonyl (C=O) groups is 1. The van der Waals surface area contributed by atoms with Crippen molar-refractivity contribution < 1.29 is 18.7 Å².